The van der Waals surface area contributed by atoms with Gasteiger partial charge in [0.1, 0.15) is 11.5 Å². The van der Waals surface area contributed by atoms with Crippen molar-refractivity contribution in [3.05, 3.63) is 292 Å². The summed E-state index contributed by atoms with van der Waals surface area (Å²) in [5.41, 5.74) is 22.0. The van der Waals surface area contributed by atoms with E-state index in [1.54, 1.807) is 0 Å². The molecule has 0 aliphatic rings. The number of aryl methyl sites for hydroxylation is 6. The van der Waals surface area contributed by atoms with Crippen molar-refractivity contribution >= 4 is 75.5 Å². The van der Waals surface area contributed by atoms with Gasteiger partial charge in [-0.25, -0.2) is 0 Å². The van der Waals surface area contributed by atoms with Crippen molar-refractivity contribution in [2.24, 2.45) is 0 Å². The van der Waals surface area contributed by atoms with Gasteiger partial charge in [-0.3, -0.25) is 0 Å². The van der Waals surface area contributed by atoms with E-state index in [0.29, 0.717) is 0 Å². The minimum atomic E-state index is 0.781. The van der Waals surface area contributed by atoms with Gasteiger partial charge in [0.2, 0.25) is 0 Å². The molecule has 0 N–H and O–H groups in total. The maximum absolute atomic E-state index is 6.19. The summed E-state index contributed by atoms with van der Waals surface area (Å²) in [5, 5.41) is 0. The molecule has 4 nitrogen and oxygen atoms in total. The lowest BCUT2D eigenvalue weighted by Gasteiger charge is -2.27. The predicted octanol–water partition coefficient (Wildman–Crippen LogP) is 20.1. The van der Waals surface area contributed by atoms with Crippen molar-refractivity contribution in [2.75, 3.05) is 14.7 Å². The van der Waals surface area contributed by atoms with Gasteiger partial charge in [-0.2, -0.15) is 0 Å². The summed E-state index contributed by atoms with van der Waals surface area (Å²) >= 11 is 0. The standard InChI is InChI=1S/C70H61N3O/c1-50-12-30-60(31-13-50)71(61-32-14-51(2)15-33-61)62-36-22-56(23-37-62)18-19-57-24-38-63(39-25-57)72(66-44-46-70(47-45-66)74-69-10-8-7-9-11-69)64-40-26-58(27-41-64)20-21-59-28-42-65(43-29-59)73(67-34-16-52(3)54(5)48-67)68-35-17-53(4)55(6)49-68/h7-49H,1-6H3. The van der Waals surface area contributed by atoms with E-state index in [2.05, 4.69) is 275 Å². The largest absolute Gasteiger partial charge is 0.457 e. The van der Waals surface area contributed by atoms with E-state index >= 15 is 0 Å². The molecule has 0 radical (unpaired) electrons. The Hall–Kier alpha value is -9.12. The molecule has 362 valence electrons. The van der Waals surface area contributed by atoms with Gasteiger partial charge in [0.15, 0.2) is 0 Å². The molecule has 4 heteroatoms. The zero-order valence-electron chi connectivity index (χ0n) is 43.1. The van der Waals surface area contributed by atoms with Crippen LogP contribution in [0.25, 0.3) is 24.3 Å². The lowest BCUT2D eigenvalue weighted by atomic mass is 10.0. The Labute approximate surface area is 438 Å². The summed E-state index contributed by atoms with van der Waals surface area (Å²) in [6.45, 7) is 12.9. The van der Waals surface area contributed by atoms with E-state index in [1.165, 1.54) is 33.4 Å². The Morgan fingerprint density at radius 3 is 0.811 bits per heavy atom. The maximum atomic E-state index is 6.19. The average Bonchev–Trinajstić information content (AvgIpc) is 3.43. The third kappa shape index (κ3) is 11.5. The molecule has 74 heavy (non-hydrogen) atoms. The van der Waals surface area contributed by atoms with E-state index in [9.17, 15) is 0 Å². The molecule has 0 unspecified atom stereocenters. The topological polar surface area (TPSA) is 19.0 Å². The van der Waals surface area contributed by atoms with Crippen LogP contribution in [-0.2, 0) is 0 Å². The number of ether oxygens (including phenoxy) is 1. The van der Waals surface area contributed by atoms with Crippen LogP contribution in [0.3, 0.4) is 0 Å². The number of hydrogen-bond acceptors (Lipinski definition) is 4. The van der Waals surface area contributed by atoms with Crippen LogP contribution in [0.4, 0.5) is 51.2 Å². The van der Waals surface area contributed by atoms with E-state index in [4.69, 9.17) is 4.74 Å². The first-order valence-corrected chi connectivity index (χ1v) is 25.4. The number of para-hydroxylation sites is 1. The van der Waals surface area contributed by atoms with Gasteiger partial charge in [0.25, 0.3) is 0 Å². The Balaban J connectivity index is 0.880. The Morgan fingerprint density at radius 2 is 0.500 bits per heavy atom. The van der Waals surface area contributed by atoms with Crippen LogP contribution < -0.4 is 19.4 Å². The molecule has 0 fully saturated rings. The van der Waals surface area contributed by atoms with Crippen molar-refractivity contribution in [1.29, 1.82) is 0 Å². The number of nitrogens with zero attached hydrogens (tertiary/aromatic N) is 3. The zero-order chi connectivity index (χ0) is 51.0. The molecule has 0 aliphatic carbocycles. The Bertz CT molecular complexity index is 3430. The highest BCUT2D eigenvalue weighted by molar-refractivity contribution is 5.83. The normalized spacial score (nSPS) is 11.3. The molecule has 0 spiro atoms. The lowest BCUT2D eigenvalue weighted by molar-refractivity contribution is 0.483. The zero-order valence-corrected chi connectivity index (χ0v) is 43.1. The van der Waals surface area contributed by atoms with Crippen LogP contribution >= 0.6 is 0 Å². The van der Waals surface area contributed by atoms with E-state index in [0.717, 1.165) is 84.9 Å². The molecule has 0 saturated carbocycles. The molecule has 0 atom stereocenters. The summed E-state index contributed by atoms with van der Waals surface area (Å²) in [4.78, 5) is 6.94. The number of anilines is 9. The molecule has 10 aromatic rings. The molecule has 0 heterocycles. The summed E-state index contributed by atoms with van der Waals surface area (Å²) < 4.78 is 6.19. The van der Waals surface area contributed by atoms with Crippen LogP contribution in [-0.4, -0.2) is 0 Å². The molecule has 10 aromatic carbocycles. The fourth-order valence-corrected chi connectivity index (χ4v) is 9.07. The molecule has 0 saturated heterocycles. The van der Waals surface area contributed by atoms with Gasteiger partial charge in [0.05, 0.1) is 0 Å². The SMILES string of the molecule is Cc1ccc(N(c2ccc(C)cc2)c2ccc(C=Cc3ccc(N(c4ccc(C=Cc5ccc(N(c6ccc(C)c(C)c6)c6ccc(C)c(C)c6)cc5)cc4)c4ccc(Oc5ccccc5)cc4)cc3)cc2)cc1. The van der Waals surface area contributed by atoms with Crippen LogP contribution in [0.2, 0.25) is 0 Å². The average molecular weight is 960 g/mol. The van der Waals surface area contributed by atoms with Gasteiger partial charge in [0, 0.05) is 51.2 Å². The van der Waals surface area contributed by atoms with Gasteiger partial charge in [-0.15, -0.1) is 0 Å². The van der Waals surface area contributed by atoms with Crippen molar-refractivity contribution in [1.82, 2.24) is 0 Å². The van der Waals surface area contributed by atoms with Crippen LogP contribution in [0.5, 0.6) is 11.5 Å². The monoisotopic (exact) mass is 959 g/mol. The first-order valence-electron chi connectivity index (χ1n) is 25.4. The van der Waals surface area contributed by atoms with E-state index in [1.807, 2.05) is 42.5 Å². The van der Waals surface area contributed by atoms with Crippen LogP contribution in [0.15, 0.2) is 237 Å². The molecular formula is C70H61N3O. The maximum Gasteiger partial charge on any atom is 0.127 e. The first-order chi connectivity index (χ1) is 36.1. The fraction of sp³-hybridized carbons (Fsp3) is 0.0857. The number of hydrogen-bond donors (Lipinski definition) is 0. The summed E-state index contributed by atoms with van der Waals surface area (Å²) in [5.74, 6) is 1.59. The quantitative estimate of drug-likeness (QED) is 0.0953. The Morgan fingerprint density at radius 1 is 0.243 bits per heavy atom. The minimum absolute atomic E-state index is 0.781. The molecule has 0 bridgehead atoms. The van der Waals surface area contributed by atoms with Gasteiger partial charge < -0.3 is 19.4 Å². The van der Waals surface area contributed by atoms with Crippen LogP contribution in [0.1, 0.15) is 55.6 Å². The molecule has 0 aliphatic heterocycles. The van der Waals surface area contributed by atoms with Crippen molar-refractivity contribution < 1.29 is 4.74 Å². The minimum Gasteiger partial charge on any atom is -0.457 e. The fourth-order valence-electron chi connectivity index (χ4n) is 9.07. The summed E-state index contributed by atoms with van der Waals surface area (Å²) in [7, 11) is 0. The molecule has 10 rings (SSSR count). The smallest absolute Gasteiger partial charge is 0.127 e. The third-order valence-electron chi connectivity index (χ3n) is 13.7. The van der Waals surface area contributed by atoms with Crippen molar-refractivity contribution in [3.63, 3.8) is 0 Å². The second-order valence-corrected chi connectivity index (χ2v) is 19.2. The van der Waals surface area contributed by atoms with Gasteiger partial charge in [-0.1, -0.05) is 139 Å². The molecule has 0 amide bonds. The van der Waals surface area contributed by atoms with Crippen molar-refractivity contribution in [2.45, 2.75) is 41.5 Å². The summed E-state index contributed by atoms with van der Waals surface area (Å²) in [6, 6.07) is 84.1. The van der Waals surface area contributed by atoms with E-state index in [-0.39, 0.29) is 0 Å². The second kappa shape index (κ2) is 22.1. The van der Waals surface area contributed by atoms with Gasteiger partial charge >= 0.3 is 0 Å². The highest BCUT2D eigenvalue weighted by atomic mass is 16.5. The third-order valence-corrected chi connectivity index (χ3v) is 13.7. The lowest BCUT2D eigenvalue weighted by Crippen LogP contribution is -2.10. The second-order valence-electron chi connectivity index (χ2n) is 19.2. The predicted molar refractivity (Wildman–Crippen MR) is 316 cm³/mol. The number of rotatable bonds is 15. The molecular weight excluding hydrogens is 899 g/mol. The number of benzene rings is 10. The molecule has 0 aromatic heterocycles. The Kier molecular flexibility index (Phi) is 14.5. The highest BCUT2D eigenvalue weighted by Crippen LogP contribution is 2.39. The van der Waals surface area contributed by atoms with Crippen molar-refractivity contribution in [3.8, 4) is 11.5 Å². The van der Waals surface area contributed by atoms with Crippen LogP contribution in [0, 0.1) is 41.5 Å². The van der Waals surface area contributed by atoms with E-state index < -0.39 is 0 Å². The van der Waals surface area contributed by atoms with Gasteiger partial charge in [-0.05, 0) is 220 Å². The highest BCUT2D eigenvalue weighted by Gasteiger charge is 2.16. The first kappa shape index (κ1) is 48.5. The summed E-state index contributed by atoms with van der Waals surface area (Å²) in [6.07, 6.45) is 8.72.